The Morgan fingerprint density at radius 1 is 0.902 bits per heavy atom. The van der Waals surface area contributed by atoms with Gasteiger partial charge in [0.15, 0.2) is 0 Å². The van der Waals surface area contributed by atoms with Gasteiger partial charge < -0.3 is 24.5 Å². The van der Waals surface area contributed by atoms with Gasteiger partial charge in [-0.1, -0.05) is 35.9 Å². The molecule has 2 amide bonds. The molecule has 216 valence electrons. The van der Waals surface area contributed by atoms with Crippen molar-refractivity contribution < 1.29 is 14.3 Å². The fraction of sp³-hybridized carbons (Fsp3) is 0.344. The molecular formula is C32H37ClN4O4. The summed E-state index contributed by atoms with van der Waals surface area (Å²) in [6, 6.07) is 15.4. The number of para-hydroxylation sites is 1. The van der Waals surface area contributed by atoms with E-state index in [0.717, 1.165) is 22.2 Å². The Hall–Kier alpha value is -4.04. The Labute approximate surface area is 245 Å². The second kappa shape index (κ2) is 12.6. The lowest BCUT2D eigenvalue weighted by molar-refractivity contribution is -0.120. The number of pyridine rings is 1. The van der Waals surface area contributed by atoms with Crippen LogP contribution in [0.5, 0.6) is 0 Å². The quantitative estimate of drug-likeness (QED) is 0.269. The summed E-state index contributed by atoms with van der Waals surface area (Å²) in [6.45, 7) is 10.9. The average Bonchev–Trinajstić information content (AvgIpc) is 3.23. The Morgan fingerprint density at radius 2 is 1.61 bits per heavy atom. The smallest absolute Gasteiger partial charge is 0.407 e. The van der Waals surface area contributed by atoms with Gasteiger partial charge in [0.05, 0.1) is 6.42 Å². The van der Waals surface area contributed by atoms with Gasteiger partial charge in [-0.05, 0) is 81.1 Å². The lowest BCUT2D eigenvalue weighted by atomic mass is 10.1. The third-order valence-electron chi connectivity index (χ3n) is 6.87. The minimum absolute atomic E-state index is 0.0386. The van der Waals surface area contributed by atoms with E-state index in [2.05, 4.69) is 40.5 Å². The maximum absolute atomic E-state index is 13.3. The number of nitrogens with zero attached hydrogens (tertiary/aromatic N) is 2. The molecule has 0 aliphatic carbocycles. The minimum Gasteiger partial charge on any atom is -0.444 e. The molecule has 8 nitrogen and oxygen atoms in total. The van der Waals surface area contributed by atoms with Gasteiger partial charge in [0, 0.05) is 60.1 Å². The number of aromatic nitrogens is 2. The zero-order chi connectivity index (χ0) is 29.7. The summed E-state index contributed by atoms with van der Waals surface area (Å²) >= 11 is 6.21. The number of aryl methyl sites for hydroxylation is 4. The van der Waals surface area contributed by atoms with Gasteiger partial charge in [-0.25, -0.2) is 4.79 Å². The molecule has 41 heavy (non-hydrogen) atoms. The number of alkyl carbamates (subject to hydrolysis) is 1. The van der Waals surface area contributed by atoms with Crippen LogP contribution in [0.4, 0.5) is 4.79 Å². The molecule has 2 N–H and O–H groups in total. The number of hydrogen-bond donors (Lipinski definition) is 2. The molecule has 2 aromatic heterocycles. The van der Waals surface area contributed by atoms with Crippen LogP contribution in [-0.2, 0) is 42.1 Å². The van der Waals surface area contributed by atoms with Crippen molar-refractivity contribution in [2.75, 3.05) is 0 Å². The monoisotopic (exact) mass is 576 g/mol. The van der Waals surface area contributed by atoms with E-state index in [1.807, 2.05) is 25.1 Å². The van der Waals surface area contributed by atoms with Crippen LogP contribution in [0.1, 0.15) is 48.6 Å². The lowest BCUT2D eigenvalue weighted by Gasteiger charge is -2.20. The Bertz CT molecular complexity index is 1630. The van der Waals surface area contributed by atoms with E-state index in [-0.39, 0.29) is 31.0 Å². The van der Waals surface area contributed by atoms with Crippen LogP contribution in [0.15, 0.2) is 65.7 Å². The largest absolute Gasteiger partial charge is 0.444 e. The summed E-state index contributed by atoms with van der Waals surface area (Å²) in [5, 5.41) is 7.35. The second-order valence-electron chi connectivity index (χ2n) is 11.2. The molecule has 0 atom stereocenters. The lowest BCUT2D eigenvalue weighted by Crippen LogP contribution is -2.33. The van der Waals surface area contributed by atoms with Crippen molar-refractivity contribution in [3.8, 4) is 0 Å². The van der Waals surface area contributed by atoms with E-state index in [1.165, 1.54) is 10.9 Å². The molecule has 0 saturated carbocycles. The fourth-order valence-corrected chi connectivity index (χ4v) is 4.96. The van der Waals surface area contributed by atoms with E-state index in [0.29, 0.717) is 23.7 Å². The van der Waals surface area contributed by atoms with Crippen molar-refractivity contribution in [1.29, 1.82) is 0 Å². The molecule has 0 fully saturated rings. The van der Waals surface area contributed by atoms with Crippen LogP contribution < -0.4 is 16.2 Å². The highest BCUT2D eigenvalue weighted by Crippen LogP contribution is 2.20. The number of rotatable bonds is 9. The van der Waals surface area contributed by atoms with Gasteiger partial charge in [0.25, 0.3) is 5.56 Å². The van der Waals surface area contributed by atoms with Gasteiger partial charge >= 0.3 is 6.09 Å². The highest BCUT2D eigenvalue weighted by Gasteiger charge is 2.17. The molecule has 0 unspecified atom stereocenters. The molecule has 0 aliphatic heterocycles. The standard InChI is InChI=1S/C32H37ClN4O4/c1-21-12-13-36(14-15-37-20-22(2)26-8-6-7-9-28(26)37)30(39)27(21)17-29(38)34-19-24-16-25(33)11-10-23(24)18-35-31(40)41-32(3,4)5/h6-13,16,20H,14-15,17-19H2,1-5H3,(H,34,38)(H,35,40). The molecule has 0 aliphatic rings. The van der Waals surface area contributed by atoms with Crippen molar-refractivity contribution in [1.82, 2.24) is 19.8 Å². The van der Waals surface area contributed by atoms with Crippen molar-refractivity contribution in [3.05, 3.63) is 104 Å². The Kier molecular flexibility index (Phi) is 9.23. The normalized spacial score (nSPS) is 11.5. The molecular weight excluding hydrogens is 540 g/mol. The number of benzene rings is 2. The maximum Gasteiger partial charge on any atom is 0.407 e. The summed E-state index contributed by atoms with van der Waals surface area (Å²) < 4.78 is 9.12. The van der Waals surface area contributed by atoms with Crippen LogP contribution in [0.25, 0.3) is 10.9 Å². The number of hydrogen-bond acceptors (Lipinski definition) is 4. The molecule has 4 rings (SSSR count). The summed E-state index contributed by atoms with van der Waals surface area (Å²) in [5.41, 5.74) is 4.35. The molecule has 0 spiro atoms. The SMILES string of the molecule is Cc1ccn(CCn2cc(C)c3ccccc32)c(=O)c1CC(=O)NCc1cc(Cl)ccc1CNC(=O)OC(C)(C)C. The van der Waals surface area contributed by atoms with E-state index < -0.39 is 11.7 Å². The predicted octanol–water partition coefficient (Wildman–Crippen LogP) is 5.66. The minimum atomic E-state index is -0.606. The topological polar surface area (TPSA) is 94.4 Å². The van der Waals surface area contributed by atoms with Gasteiger partial charge in [-0.3, -0.25) is 9.59 Å². The molecule has 9 heteroatoms. The first-order valence-electron chi connectivity index (χ1n) is 13.7. The zero-order valence-electron chi connectivity index (χ0n) is 24.2. The third kappa shape index (κ3) is 7.79. The molecule has 0 radical (unpaired) electrons. The number of nitrogens with one attached hydrogen (secondary N) is 2. The van der Waals surface area contributed by atoms with Crippen molar-refractivity contribution in [2.24, 2.45) is 0 Å². The highest BCUT2D eigenvalue weighted by atomic mass is 35.5. The number of halogens is 1. The van der Waals surface area contributed by atoms with E-state index in [9.17, 15) is 14.4 Å². The molecule has 2 heterocycles. The molecule has 4 aromatic rings. The Balaban J connectivity index is 1.40. The number of carbonyl (C=O) groups excluding carboxylic acids is 2. The summed E-state index contributed by atoms with van der Waals surface area (Å²) in [4.78, 5) is 38.4. The van der Waals surface area contributed by atoms with Crippen LogP contribution >= 0.6 is 11.6 Å². The summed E-state index contributed by atoms with van der Waals surface area (Å²) in [6.07, 6.45) is 3.32. The second-order valence-corrected chi connectivity index (χ2v) is 11.7. The van der Waals surface area contributed by atoms with E-state index in [4.69, 9.17) is 16.3 Å². The number of carbonyl (C=O) groups is 2. The zero-order valence-corrected chi connectivity index (χ0v) is 25.0. The maximum atomic E-state index is 13.3. The fourth-order valence-electron chi connectivity index (χ4n) is 4.76. The first-order chi connectivity index (χ1) is 19.4. The van der Waals surface area contributed by atoms with Crippen LogP contribution in [0.3, 0.4) is 0 Å². The van der Waals surface area contributed by atoms with Gasteiger partial charge in [0.2, 0.25) is 5.91 Å². The van der Waals surface area contributed by atoms with E-state index in [1.54, 1.807) is 49.7 Å². The van der Waals surface area contributed by atoms with Crippen molar-refractivity contribution >= 4 is 34.5 Å². The Morgan fingerprint density at radius 3 is 2.37 bits per heavy atom. The predicted molar refractivity (Wildman–Crippen MR) is 162 cm³/mol. The molecule has 2 aromatic carbocycles. The van der Waals surface area contributed by atoms with Crippen molar-refractivity contribution in [2.45, 2.75) is 72.8 Å². The summed E-state index contributed by atoms with van der Waals surface area (Å²) in [5.74, 6) is -0.277. The molecule has 0 saturated heterocycles. The van der Waals surface area contributed by atoms with Gasteiger partial charge in [0.1, 0.15) is 5.60 Å². The van der Waals surface area contributed by atoms with E-state index >= 15 is 0 Å². The first-order valence-corrected chi connectivity index (χ1v) is 14.0. The number of amides is 2. The number of ether oxygens (including phenoxy) is 1. The average molecular weight is 577 g/mol. The first kappa shape index (κ1) is 29.9. The highest BCUT2D eigenvalue weighted by molar-refractivity contribution is 6.30. The van der Waals surface area contributed by atoms with Crippen molar-refractivity contribution in [3.63, 3.8) is 0 Å². The third-order valence-corrected chi connectivity index (χ3v) is 7.11. The number of fused-ring (bicyclic) bond motifs is 1. The van der Waals surface area contributed by atoms with Crippen LogP contribution in [0.2, 0.25) is 5.02 Å². The molecule has 0 bridgehead atoms. The summed E-state index contributed by atoms with van der Waals surface area (Å²) in [7, 11) is 0. The van der Waals surface area contributed by atoms with Gasteiger partial charge in [-0.2, -0.15) is 0 Å². The van der Waals surface area contributed by atoms with Crippen LogP contribution in [-0.4, -0.2) is 26.7 Å². The van der Waals surface area contributed by atoms with Gasteiger partial charge in [-0.15, -0.1) is 0 Å². The van der Waals surface area contributed by atoms with Crippen LogP contribution in [0, 0.1) is 13.8 Å².